The largest absolute Gasteiger partial charge is 0.493 e. The minimum absolute atomic E-state index is 0.132. The van der Waals surface area contributed by atoms with Gasteiger partial charge in [0.05, 0.1) is 26.2 Å². The zero-order chi connectivity index (χ0) is 16.4. The lowest BCUT2D eigenvalue weighted by molar-refractivity contribution is -0.145. The van der Waals surface area contributed by atoms with E-state index in [1.54, 1.807) is 19.9 Å². The first-order valence-corrected chi connectivity index (χ1v) is 7.37. The average molecular weight is 306 g/mol. The van der Waals surface area contributed by atoms with Crippen LogP contribution in [0.1, 0.15) is 32.8 Å². The van der Waals surface area contributed by atoms with Gasteiger partial charge in [-0.25, -0.2) is 4.79 Å². The van der Waals surface area contributed by atoms with Crippen LogP contribution in [0.3, 0.4) is 0 Å². The molecule has 0 saturated heterocycles. The third-order valence-electron chi connectivity index (χ3n) is 2.73. The quantitative estimate of drug-likeness (QED) is 0.546. The molecular formula is C17H22O5. The lowest BCUT2D eigenvalue weighted by Crippen LogP contribution is -2.13. The fraction of sp³-hybridized carbons (Fsp3) is 0.412. The predicted molar refractivity (Wildman–Crippen MR) is 83.5 cm³/mol. The van der Waals surface area contributed by atoms with Crippen molar-refractivity contribution in [3.63, 3.8) is 0 Å². The Balaban J connectivity index is 3.08. The summed E-state index contributed by atoms with van der Waals surface area (Å²) in [5.41, 5.74) is 0.962. The first-order valence-electron chi connectivity index (χ1n) is 7.37. The van der Waals surface area contributed by atoms with E-state index in [1.807, 2.05) is 31.2 Å². The molecule has 5 nitrogen and oxygen atoms in total. The molecule has 5 heteroatoms. The summed E-state index contributed by atoms with van der Waals surface area (Å²) >= 11 is 0. The van der Waals surface area contributed by atoms with Gasteiger partial charge < -0.3 is 14.2 Å². The van der Waals surface area contributed by atoms with E-state index < -0.39 is 11.9 Å². The van der Waals surface area contributed by atoms with Gasteiger partial charge in [-0.3, -0.25) is 4.79 Å². The summed E-state index contributed by atoms with van der Waals surface area (Å²) in [4.78, 5) is 23.7. The van der Waals surface area contributed by atoms with Crippen molar-refractivity contribution in [2.24, 2.45) is 0 Å². The highest BCUT2D eigenvalue weighted by atomic mass is 16.5. The Morgan fingerprint density at radius 3 is 2.32 bits per heavy atom. The zero-order valence-corrected chi connectivity index (χ0v) is 13.3. The number of para-hydroxylation sites is 1. The molecule has 22 heavy (non-hydrogen) atoms. The molecular weight excluding hydrogens is 284 g/mol. The van der Waals surface area contributed by atoms with Gasteiger partial charge in [0.2, 0.25) is 0 Å². The SMILES string of the molecule is CCOC(=O)CC(=Cc1ccccc1OCC)C(=O)OCC. The number of esters is 2. The van der Waals surface area contributed by atoms with Crippen molar-refractivity contribution in [1.29, 1.82) is 0 Å². The highest BCUT2D eigenvalue weighted by Crippen LogP contribution is 2.22. The van der Waals surface area contributed by atoms with E-state index >= 15 is 0 Å². The summed E-state index contributed by atoms with van der Waals surface area (Å²) in [6.45, 7) is 6.34. The van der Waals surface area contributed by atoms with Crippen LogP contribution < -0.4 is 4.74 Å². The molecule has 0 fully saturated rings. The predicted octanol–water partition coefficient (Wildman–Crippen LogP) is 2.99. The Morgan fingerprint density at radius 2 is 1.68 bits per heavy atom. The minimum Gasteiger partial charge on any atom is -0.493 e. The second-order valence-electron chi connectivity index (χ2n) is 4.34. The number of ether oxygens (including phenoxy) is 3. The van der Waals surface area contributed by atoms with E-state index in [0.717, 1.165) is 5.56 Å². The van der Waals surface area contributed by atoms with Crippen molar-refractivity contribution in [1.82, 2.24) is 0 Å². The fourth-order valence-corrected chi connectivity index (χ4v) is 1.85. The van der Waals surface area contributed by atoms with Crippen LogP contribution in [0.25, 0.3) is 6.08 Å². The molecule has 0 aromatic heterocycles. The number of carbonyl (C=O) groups excluding carboxylic acids is 2. The van der Waals surface area contributed by atoms with Crippen molar-refractivity contribution in [3.05, 3.63) is 35.4 Å². The second-order valence-corrected chi connectivity index (χ2v) is 4.34. The summed E-state index contributed by atoms with van der Waals surface area (Å²) in [5.74, 6) is -0.340. The van der Waals surface area contributed by atoms with Gasteiger partial charge >= 0.3 is 11.9 Å². The molecule has 0 N–H and O–H groups in total. The van der Waals surface area contributed by atoms with Gasteiger partial charge in [0.15, 0.2) is 0 Å². The number of rotatable bonds is 8. The van der Waals surface area contributed by atoms with Gasteiger partial charge in [0.25, 0.3) is 0 Å². The monoisotopic (exact) mass is 306 g/mol. The van der Waals surface area contributed by atoms with Gasteiger partial charge in [-0.2, -0.15) is 0 Å². The Morgan fingerprint density at radius 1 is 1.00 bits per heavy atom. The standard InChI is InChI=1S/C17H22O5/c1-4-20-15-10-8-7-9-13(15)11-14(17(19)22-6-3)12-16(18)21-5-2/h7-11H,4-6,12H2,1-3H3. The molecule has 0 saturated carbocycles. The third-order valence-corrected chi connectivity index (χ3v) is 2.73. The van der Waals surface area contributed by atoms with Crippen LogP contribution in [0.4, 0.5) is 0 Å². The van der Waals surface area contributed by atoms with Crippen molar-refractivity contribution >= 4 is 18.0 Å². The van der Waals surface area contributed by atoms with Crippen molar-refractivity contribution < 1.29 is 23.8 Å². The second kappa shape index (κ2) is 9.60. The Hall–Kier alpha value is -2.30. The van der Waals surface area contributed by atoms with Gasteiger partial charge in [-0.05, 0) is 32.9 Å². The molecule has 0 aliphatic rings. The molecule has 0 spiro atoms. The van der Waals surface area contributed by atoms with Gasteiger partial charge in [0.1, 0.15) is 5.75 Å². The average Bonchev–Trinajstić information content (AvgIpc) is 2.49. The Labute approximate surface area is 130 Å². The normalized spacial score (nSPS) is 11.0. The molecule has 1 rings (SSSR count). The third kappa shape index (κ3) is 5.60. The molecule has 1 aromatic carbocycles. The molecule has 0 atom stereocenters. The topological polar surface area (TPSA) is 61.8 Å². The van der Waals surface area contributed by atoms with Crippen LogP contribution in [-0.4, -0.2) is 31.8 Å². The Kier molecular flexibility index (Phi) is 7.75. The van der Waals surface area contributed by atoms with E-state index in [4.69, 9.17) is 14.2 Å². The number of hydrogen-bond acceptors (Lipinski definition) is 5. The highest BCUT2D eigenvalue weighted by Gasteiger charge is 2.17. The summed E-state index contributed by atoms with van der Waals surface area (Å²) in [5, 5.41) is 0. The minimum atomic E-state index is -0.526. The molecule has 0 aliphatic carbocycles. The smallest absolute Gasteiger partial charge is 0.334 e. The highest BCUT2D eigenvalue weighted by molar-refractivity contribution is 5.98. The van der Waals surface area contributed by atoms with Crippen LogP contribution >= 0.6 is 0 Å². The van der Waals surface area contributed by atoms with Crippen molar-refractivity contribution in [2.45, 2.75) is 27.2 Å². The number of hydrogen-bond donors (Lipinski definition) is 0. The van der Waals surface area contributed by atoms with Crippen molar-refractivity contribution in [3.8, 4) is 5.75 Å². The van der Waals surface area contributed by atoms with Crippen LogP contribution in [-0.2, 0) is 19.1 Å². The van der Waals surface area contributed by atoms with Crippen molar-refractivity contribution in [2.75, 3.05) is 19.8 Å². The summed E-state index contributed by atoms with van der Waals surface area (Å²) in [6, 6.07) is 7.30. The summed E-state index contributed by atoms with van der Waals surface area (Å²) in [7, 11) is 0. The molecule has 0 bridgehead atoms. The van der Waals surface area contributed by atoms with Crippen LogP contribution in [0.2, 0.25) is 0 Å². The number of carbonyl (C=O) groups is 2. The van der Waals surface area contributed by atoms with Gasteiger partial charge in [0, 0.05) is 11.1 Å². The van der Waals surface area contributed by atoms with E-state index in [9.17, 15) is 9.59 Å². The first-order chi connectivity index (χ1) is 10.6. The van der Waals surface area contributed by atoms with E-state index in [-0.39, 0.29) is 25.2 Å². The van der Waals surface area contributed by atoms with Gasteiger partial charge in [-0.1, -0.05) is 18.2 Å². The lowest BCUT2D eigenvalue weighted by Gasteiger charge is -2.10. The van der Waals surface area contributed by atoms with Crippen LogP contribution in [0, 0.1) is 0 Å². The molecule has 0 radical (unpaired) electrons. The van der Waals surface area contributed by atoms with Gasteiger partial charge in [-0.15, -0.1) is 0 Å². The molecule has 0 unspecified atom stereocenters. The Bertz CT molecular complexity index is 534. The lowest BCUT2D eigenvalue weighted by atomic mass is 10.1. The van der Waals surface area contributed by atoms with Crippen LogP contribution in [0.15, 0.2) is 29.8 Å². The molecule has 0 heterocycles. The summed E-state index contributed by atoms with van der Waals surface area (Å²) < 4.78 is 15.4. The maximum absolute atomic E-state index is 12.0. The van der Waals surface area contributed by atoms with Crippen LogP contribution in [0.5, 0.6) is 5.75 Å². The molecule has 120 valence electrons. The molecule has 1 aromatic rings. The first kappa shape index (κ1) is 17.8. The molecule has 0 amide bonds. The fourth-order valence-electron chi connectivity index (χ4n) is 1.85. The van der Waals surface area contributed by atoms with E-state index in [0.29, 0.717) is 12.4 Å². The summed E-state index contributed by atoms with van der Waals surface area (Å²) in [6.07, 6.45) is 1.48. The maximum Gasteiger partial charge on any atom is 0.334 e. The van der Waals surface area contributed by atoms with E-state index in [2.05, 4.69) is 0 Å². The number of benzene rings is 1. The molecule has 0 aliphatic heterocycles. The maximum atomic E-state index is 12.0. The zero-order valence-electron chi connectivity index (χ0n) is 13.3. The van der Waals surface area contributed by atoms with E-state index in [1.165, 1.54) is 0 Å².